The molecule has 14 heavy (non-hydrogen) atoms. The predicted molar refractivity (Wildman–Crippen MR) is 49.4 cm³/mol. The normalized spacial score (nSPS) is 10.4. The standard InChI is InChI=1S/C6H5ClF2N2O.C2H6/c7-5-2-10-4(1-11-5)6(8,9)3-12;1-2/h1-2,12H,3H2;1-2H3. The smallest absolute Gasteiger partial charge is 0.313 e. The van der Waals surface area contributed by atoms with Crippen LogP contribution in [0, 0.1) is 0 Å². The first-order valence-electron chi connectivity index (χ1n) is 4.03. The van der Waals surface area contributed by atoms with Gasteiger partial charge in [-0.25, -0.2) is 4.98 Å². The quantitative estimate of drug-likeness (QED) is 0.838. The van der Waals surface area contributed by atoms with E-state index < -0.39 is 18.2 Å². The minimum atomic E-state index is -3.35. The van der Waals surface area contributed by atoms with Gasteiger partial charge in [-0.15, -0.1) is 0 Å². The van der Waals surface area contributed by atoms with E-state index in [-0.39, 0.29) is 5.15 Å². The summed E-state index contributed by atoms with van der Waals surface area (Å²) in [4.78, 5) is 6.72. The highest BCUT2D eigenvalue weighted by Gasteiger charge is 2.32. The molecule has 1 aromatic rings. The number of alkyl halides is 2. The van der Waals surface area contributed by atoms with Crippen LogP contribution in [0.25, 0.3) is 0 Å². The fourth-order valence-corrected chi connectivity index (χ4v) is 0.680. The molecule has 1 N–H and O–H groups in total. The Labute approximate surface area is 85.8 Å². The Morgan fingerprint density at radius 1 is 1.36 bits per heavy atom. The van der Waals surface area contributed by atoms with Gasteiger partial charge < -0.3 is 5.11 Å². The van der Waals surface area contributed by atoms with Crippen LogP contribution in [-0.2, 0) is 5.92 Å². The van der Waals surface area contributed by atoms with Crippen LogP contribution < -0.4 is 0 Å². The molecule has 0 saturated carbocycles. The van der Waals surface area contributed by atoms with Crippen molar-refractivity contribution in [1.29, 1.82) is 0 Å². The number of hydrogen-bond acceptors (Lipinski definition) is 3. The Hall–Kier alpha value is -0.810. The maximum atomic E-state index is 12.6. The third-order valence-corrected chi connectivity index (χ3v) is 1.39. The molecule has 1 aromatic heterocycles. The van der Waals surface area contributed by atoms with Crippen LogP contribution in [-0.4, -0.2) is 21.7 Å². The summed E-state index contributed by atoms with van der Waals surface area (Å²) in [5.74, 6) is -3.35. The summed E-state index contributed by atoms with van der Waals surface area (Å²) < 4.78 is 25.2. The van der Waals surface area contributed by atoms with Crippen molar-refractivity contribution in [2.75, 3.05) is 6.61 Å². The molecular weight excluding hydrogens is 214 g/mol. The van der Waals surface area contributed by atoms with E-state index in [9.17, 15) is 8.78 Å². The van der Waals surface area contributed by atoms with E-state index in [1.165, 1.54) is 0 Å². The summed E-state index contributed by atoms with van der Waals surface area (Å²) in [6, 6.07) is 0. The van der Waals surface area contributed by atoms with Crippen LogP contribution in [0.2, 0.25) is 5.15 Å². The van der Waals surface area contributed by atoms with Gasteiger partial charge in [-0.05, 0) is 0 Å². The zero-order chi connectivity index (χ0) is 11.2. The Morgan fingerprint density at radius 2 is 1.93 bits per heavy atom. The van der Waals surface area contributed by atoms with Crippen molar-refractivity contribution in [3.05, 3.63) is 23.2 Å². The van der Waals surface area contributed by atoms with Gasteiger partial charge in [0.2, 0.25) is 0 Å². The number of rotatable bonds is 2. The van der Waals surface area contributed by atoms with Crippen molar-refractivity contribution >= 4 is 11.6 Å². The molecule has 1 rings (SSSR count). The molecular formula is C8H11ClF2N2O. The molecule has 0 spiro atoms. The van der Waals surface area contributed by atoms with E-state index in [4.69, 9.17) is 16.7 Å². The van der Waals surface area contributed by atoms with Crippen molar-refractivity contribution in [2.24, 2.45) is 0 Å². The van der Waals surface area contributed by atoms with Gasteiger partial charge in [0.25, 0.3) is 0 Å². The summed E-state index contributed by atoms with van der Waals surface area (Å²) in [6.07, 6.45) is 1.83. The number of nitrogens with zero attached hydrogens (tertiary/aromatic N) is 2. The maximum Gasteiger partial charge on any atom is 0.313 e. The van der Waals surface area contributed by atoms with E-state index in [1.807, 2.05) is 13.8 Å². The minimum absolute atomic E-state index is 0.0347. The summed E-state index contributed by atoms with van der Waals surface area (Å²) in [5.41, 5.74) is -0.589. The van der Waals surface area contributed by atoms with Crippen LogP contribution in [0.4, 0.5) is 8.78 Å². The average Bonchev–Trinajstić information content (AvgIpc) is 2.21. The van der Waals surface area contributed by atoms with Gasteiger partial charge in [-0.2, -0.15) is 8.78 Å². The predicted octanol–water partition coefficient (Wildman–Crippen LogP) is 2.24. The second-order valence-electron chi connectivity index (χ2n) is 2.09. The molecule has 3 nitrogen and oxygen atoms in total. The zero-order valence-corrected chi connectivity index (χ0v) is 8.59. The van der Waals surface area contributed by atoms with Gasteiger partial charge in [0.05, 0.1) is 12.4 Å². The van der Waals surface area contributed by atoms with Crippen LogP contribution >= 0.6 is 11.6 Å². The molecule has 0 atom stereocenters. The van der Waals surface area contributed by atoms with Gasteiger partial charge in [-0.1, -0.05) is 25.4 Å². The Kier molecular flexibility index (Phi) is 5.49. The van der Waals surface area contributed by atoms with Gasteiger partial charge in [0.1, 0.15) is 17.5 Å². The number of aliphatic hydroxyl groups excluding tert-OH is 1. The van der Waals surface area contributed by atoms with E-state index >= 15 is 0 Å². The molecule has 1 heterocycles. The monoisotopic (exact) mass is 224 g/mol. The van der Waals surface area contributed by atoms with Gasteiger partial charge >= 0.3 is 5.92 Å². The van der Waals surface area contributed by atoms with Crippen molar-refractivity contribution < 1.29 is 13.9 Å². The third-order valence-electron chi connectivity index (χ3n) is 1.19. The summed E-state index contributed by atoms with van der Waals surface area (Å²) in [7, 11) is 0. The molecule has 0 aromatic carbocycles. The van der Waals surface area contributed by atoms with Crippen molar-refractivity contribution in [2.45, 2.75) is 19.8 Å². The average molecular weight is 225 g/mol. The van der Waals surface area contributed by atoms with Crippen LogP contribution in [0.3, 0.4) is 0 Å². The van der Waals surface area contributed by atoms with Crippen molar-refractivity contribution in [3.63, 3.8) is 0 Å². The highest BCUT2D eigenvalue weighted by molar-refractivity contribution is 6.29. The molecule has 0 amide bonds. The molecule has 6 heteroatoms. The number of aromatic nitrogens is 2. The third kappa shape index (κ3) is 3.51. The second-order valence-corrected chi connectivity index (χ2v) is 2.47. The summed E-state index contributed by atoms with van der Waals surface area (Å²) >= 11 is 5.32. The Balaban J connectivity index is 0.000000791. The minimum Gasteiger partial charge on any atom is -0.390 e. The molecule has 80 valence electrons. The molecule has 0 aliphatic heterocycles. The van der Waals surface area contributed by atoms with Crippen LogP contribution in [0.1, 0.15) is 19.5 Å². The summed E-state index contributed by atoms with van der Waals surface area (Å²) in [5, 5.41) is 8.30. The first-order chi connectivity index (χ1) is 6.56. The number of halogens is 3. The van der Waals surface area contributed by atoms with Crippen molar-refractivity contribution in [1.82, 2.24) is 9.97 Å². The van der Waals surface area contributed by atoms with Gasteiger partial charge in [0.15, 0.2) is 0 Å². The summed E-state index contributed by atoms with van der Waals surface area (Å²) in [6.45, 7) is 2.71. The fraction of sp³-hybridized carbons (Fsp3) is 0.500. The largest absolute Gasteiger partial charge is 0.390 e. The maximum absolute atomic E-state index is 12.6. The molecule has 0 fully saturated rings. The lowest BCUT2D eigenvalue weighted by atomic mass is 10.3. The topological polar surface area (TPSA) is 46.0 Å². The Morgan fingerprint density at radius 3 is 2.29 bits per heavy atom. The first-order valence-corrected chi connectivity index (χ1v) is 4.41. The number of aliphatic hydroxyl groups is 1. The Bertz CT molecular complexity index is 267. The van der Waals surface area contributed by atoms with E-state index in [0.29, 0.717) is 0 Å². The van der Waals surface area contributed by atoms with Crippen LogP contribution in [0.5, 0.6) is 0 Å². The van der Waals surface area contributed by atoms with Gasteiger partial charge in [0, 0.05) is 0 Å². The highest BCUT2D eigenvalue weighted by Crippen LogP contribution is 2.24. The molecule has 0 bridgehead atoms. The molecule has 0 saturated heterocycles. The van der Waals surface area contributed by atoms with Gasteiger partial charge in [-0.3, -0.25) is 4.98 Å². The molecule has 0 aliphatic carbocycles. The highest BCUT2D eigenvalue weighted by atomic mass is 35.5. The SMILES string of the molecule is CC.OCC(F)(F)c1cnc(Cl)cn1. The second kappa shape index (κ2) is 5.82. The lowest BCUT2D eigenvalue weighted by Crippen LogP contribution is -2.20. The van der Waals surface area contributed by atoms with E-state index in [0.717, 1.165) is 12.4 Å². The van der Waals surface area contributed by atoms with E-state index in [2.05, 4.69) is 9.97 Å². The van der Waals surface area contributed by atoms with E-state index in [1.54, 1.807) is 0 Å². The molecule has 0 radical (unpaired) electrons. The van der Waals surface area contributed by atoms with Crippen LogP contribution in [0.15, 0.2) is 12.4 Å². The molecule has 0 unspecified atom stereocenters. The molecule has 0 aliphatic rings. The fourth-order valence-electron chi connectivity index (χ4n) is 0.582. The zero-order valence-electron chi connectivity index (χ0n) is 7.84. The van der Waals surface area contributed by atoms with Crippen molar-refractivity contribution in [3.8, 4) is 0 Å². The first kappa shape index (κ1) is 13.2. The number of hydrogen-bond donors (Lipinski definition) is 1. The lowest BCUT2D eigenvalue weighted by Gasteiger charge is -2.10. The lowest BCUT2D eigenvalue weighted by molar-refractivity contribution is -0.0595.